The van der Waals surface area contributed by atoms with Gasteiger partial charge in [0.2, 0.25) is 0 Å². The van der Waals surface area contributed by atoms with Crippen LogP contribution in [-0.4, -0.2) is 6.54 Å². The van der Waals surface area contributed by atoms with Crippen LogP contribution in [0.15, 0.2) is 12.1 Å². The first-order chi connectivity index (χ1) is 6.68. The Balaban J connectivity index is 2.46. The summed E-state index contributed by atoms with van der Waals surface area (Å²) in [6, 6.07) is 2.92. The Bertz CT molecular complexity index is 352. The van der Waals surface area contributed by atoms with Crippen LogP contribution >= 0.6 is 11.6 Å². The van der Waals surface area contributed by atoms with Gasteiger partial charge in [0, 0.05) is 17.1 Å². The fourth-order valence-corrected chi connectivity index (χ4v) is 2.01. The van der Waals surface area contributed by atoms with Gasteiger partial charge >= 0.3 is 0 Å². The minimum atomic E-state index is -2.44. The van der Waals surface area contributed by atoms with Crippen molar-refractivity contribution < 1.29 is 8.78 Å². The minimum absolute atomic E-state index is 0.0238. The van der Waals surface area contributed by atoms with Crippen molar-refractivity contribution in [2.24, 2.45) is 0 Å². The molecule has 4 heteroatoms. The molecule has 0 saturated carbocycles. The van der Waals surface area contributed by atoms with Crippen LogP contribution in [0.2, 0.25) is 5.02 Å². The zero-order valence-corrected chi connectivity index (χ0v) is 8.24. The fraction of sp³-hybridized carbons (Fsp3) is 0.400. The van der Waals surface area contributed by atoms with Crippen molar-refractivity contribution in [2.75, 3.05) is 6.54 Å². The molecule has 1 aliphatic rings. The van der Waals surface area contributed by atoms with Crippen molar-refractivity contribution in [2.45, 2.75) is 19.4 Å². The molecule has 0 aromatic heterocycles. The lowest BCUT2D eigenvalue weighted by Crippen LogP contribution is -2.24. The maximum Gasteiger partial charge on any atom is 0.263 e. The average Bonchev–Trinajstić information content (AvgIpc) is 2.17. The summed E-state index contributed by atoms with van der Waals surface area (Å²) in [5.41, 5.74) is 1.93. The molecule has 1 heterocycles. The molecule has 1 aliphatic heterocycles. The Kier molecular flexibility index (Phi) is 2.70. The van der Waals surface area contributed by atoms with Crippen molar-refractivity contribution in [1.29, 1.82) is 0 Å². The number of fused-ring (bicyclic) bond motifs is 1. The zero-order chi connectivity index (χ0) is 10.1. The van der Waals surface area contributed by atoms with Gasteiger partial charge in [0.1, 0.15) is 0 Å². The fourth-order valence-electron chi connectivity index (χ4n) is 1.70. The summed E-state index contributed by atoms with van der Waals surface area (Å²) in [6.07, 6.45) is -1.66. The van der Waals surface area contributed by atoms with Gasteiger partial charge in [-0.15, -0.1) is 0 Å². The number of hydrogen-bond acceptors (Lipinski definition) is 1. The van der Waals surface area contributed by atoms with Gasteiger partial charge in [-0.3, -0.25) is 0 Å². The Morgan fingerprint density at radius 3 is 2.86 bits per heavy atom. The van der Waals surface area contributed by atoms with E-state index in [2.05, 4.69) is 5.32 Å². The molecular formula is C10H10ClF2N. The SMILES string of the molecule is FC(F)c1cc(Cl)c2c(c1)CCNC2. The summed E-state index contributed by atoms with van der Waals surface area (Å²) in [7, 11) is 0. The minimum Gasteiger partial charge on any atom is -0.312 e. The van der Waals surface area contributed by atoms with Crippen molar-refractivity contribution in [3.8, 4) is 0 Å². The van der Waals surface area contributed by atoms with E-state index in [0.717, 1.165) is 24.1 Å². The van der Waals surface area contributed by atoms with Gasteiger partial charge in [-0.25, -0.2) is 8.78 Å². The van der Waals surface area contributed by atoms with E-state index in [9.17, 15) is 8.78 Å². The molecular weight excluding hydrogens is 208 g/mol. The van der Waals surface area contributed by atoms with Crippen LogP contribution in [0, 0.1) is 0 Å². The quantitative estimate of drug-likeness (QED) is 0.763. The van der Waals surface area contributed by atoms with E-state index in [4.69, 9.17) is 11.6 Å². The number of hydrogen-bond donors (Lipinski definition) is 1. The molecule has 0 bridgehead atoms. The van der Waals surface area contributed by atoms with Gasteiger partial charge in [-0.05, 0) is 36.2 Å². The Morgan fingerprint density at radius 1 is 1.36 bits per heavy atom. The van der Waals surface area contributed by atoms with Crippen LogP contribution in [-0.2, 0) is 13.0 Å². The second-order valence-electron chi connectivity index (χ2n) is 3.37. The summed E-state index contributed by atoms with van der Waals surface area (Å²) in [6.45, 7) is 1.51. The van der Waals surface area contributed by atoms with E-state index in [1.54, 1.807) is 6.07 Å². The molecule has 0 unspecified atom stereocenters. The van der Waals surface area contributed by atoms with Crippen LogP contribution in [0.4, 0.5) is 8.78 Å². The average molecular weight is 218 g/mol. The van der Waals surface area contributed by atoms with E-state index >= 15 is 0 Å². The molecule has 2 rings (SSSR count). The highest BCUT2D eigenvalue weighted by atomic mass is 35.5. The molecule has 0 atom stereocenters. The van der Waals surface area contributed by atoms with Crippen LogP contribution in [0.1, 0.15) is 23.1 Å². The smallest absolute Gasteiger partial charge is 0.263 e. The highest BCUT2D eigenvalue weighted by Gasteiger charge is 2.16. The van der Waals surface area contributed by atoms with Crippen LogP contribution in [0.3, 0.4) is 0 Å². The maximum atomic E-state index is 12.4. The molecule has 1 nitrogen and oxygen atoms in total. The van der Waals surface area contributed by atoms with Gasteiger partial charge in [0.15, 0.2) is 0 Å². The summed E-state index contributed by atoms with van der Waals surface area (Å²) < 4.78 is 24.9. The Morgan fingerprint density at radius 2 is 2.14 bits per heavy atom. The number of rotatable bonds is 1. The third-order valence-electron chi connectivity index (χ3n) is 2.44. The van der Waals surface area contributed by atoms with Crippen molar-refractivity contribution >= 4 is 11.6 Å². The first kappa shape index (κ1) is 9.87. The highest BCUT2D eigenvalue weighted by Crippen LogP contribution is 2.29. The largest absolute Gasteiger partial charge is 0.312 e. The van der Waals surface area contributed by atoms with E-state index < -0.39 is 6.43 Å². The topological polar surface area (TPSA) is 12.0 Å². The maximum absolute atomic E-state index is 12.4. The van der Waals surface area contributed by atoms with Gasteiger partial charge in [-0.2, -0.15) is 0 Å². The monoisotopic (exact) mass is 217 g/mol. The third kappa shape index (κ3) is 1.74. The van der Waals surface area contributed by atoms with Crippen molar-refractivity contribution in [3.05, 3.63) is 33.8 Å². The highest BCUT2D eigenvalue weighted by molar-refractivity contribution is 6.31. The first-order valence-corrected chi connectivity index (χ1v) is 4.86. The second-order valence-corrected chi connectivity index (χ2v) is 3.78. The summed E-state index contributed by atoms with van der Waals surface area (Å²) in [5.74, 6) is 0. The summed E-state index contributed by atoms with van der Waals surface area (Å²) in [5, 5.41) is 3.61. The number of nitrogens with one attached hydrogen (secondary N) is 1. The molecule has 1 aromatic carbocycles. The van der Waals surface area contributed by atoms with E-state index in [-0.39, 0.29) is 5.56 Å². The van der Waals surface area contributed by atoms with Crippen LogP contribution < -0.4 is 5.32 Å². The predicted octanol–water partition coefficient (Wildman–Crippen LogP) is 2.92. The number of benzene rings is 1. The normalized spacial score (nSPS) is 15.7. The van der Waals surface area contributed by atoms with E-state index in [1.807, 2.05) is 0 Å². The number of alkyl halides is 2. The molecule has 1 N–H and O–H groups in total. The molecule has 0 saturated heterocycles. The van der Waals surface area contributed by atoms with E-state index in [1.165, 1.54) is 6.07 Å². The van der Waals surface area contributed by atoms with Crippen molar-refractivity contribution in [3.63, 3.8) is 0 Å². The third-order valence-corrected chi connectivity index (χ3v) is 2.77. The predicted molar refractivity (Wildman–Crippen MR) is 51.8 cm³/mol. The summed E-state index contributed by atoms with van der Waals surface area (Å²) in [4.78, 5) is 0. The first-order valence-electron chi connectivity index (χ1n) is 4.48. The Labute approximate surface area is 86.1 Å². The lowest BCUT2D eigenvalue weighted by Gasteiger charge is -2.19. The standard InChI is InChI=1S/C10H10ClF2N/c11-9-4-7(10(12)13)3-6-1-2-14-5-8(6)9/h3-4,10,14H,1-2,5H2. The van der Waals surface area contributed by atoms with Gasteiger partial charge in [0.05, 0.1) is 0 Å². The van der Waals surface area contributed by atoms with Crippen LogP contribution in [0.5, 0.6) is 0 Å². The molecule has 0 spiro atoms. The molecule has 14 heavy (non-hydrogen) atoms. The summed E-state index contributed by atoms with van der Waals surface area (Å²) >= 11 is 5.92. The molecule has 1 aromatic rings. The molecule has 76 valence electrons. The van der Waals surface area contributed by atoms with Gasteiger partial charge in [0.25, 0.3) is 6.43 Å². The lowest BCUT2D eigenvalue weighted by atomic mass is 9.98. The molecule has 0 fully saturated rings. The number of halogens is 3. The van der Waals surface area contributed by atoms with Gasteiger partial charge in [-0.1, -0.05) is 11.6 Å². The van der Waals surface area contributed by atoms with E-state index in [0.29, 0.717) is 11.6 Å². The molecule has 0 aliphatic carbocycles. The van der Waals surface area contributed by atoms with Crippen molar-refractivity contribution in [1.82, 2.24) is 5.32 Å². The second kappa shape index (κ2) is 3.83. The lowest BCUT2D eigenvalue weighted by molar-refractivity contribution is 0.151. The van der Waals surface area contributed by atoms with Crippen LogP contribution in [0.25, 0.3) is 0 Å². The van der Waals surface area contributed by atoms with Gasteiger partial charge < -0.3 is 5.32 Å². The Hall–Kier alpha value is -0.670. The molecule has 0 amide bonds. The molecule has 0 radical (unpaired) electrons. The zero-order valence-electron chi connectivity index (χ0n) is 7.49.